The molecular formula is C14H12Cl2FNO2S. The minimum absolute atomic E-state index is 0.0375. The van der Waals surface area contributed by atoms with Gasteiger partial charge in [-0.05, 0) is 41.5 Å². The predicted octanol–water partition coefficient (Wildman–Crippen LogP) is 3.57. The highest BCUT2D eigenvalue weighted by atomic mass is 35.5. The lowest BCUT2D eigenvalue weighted by Crippen LogP contribution is -2.07. The smallest absolute Gasteiger partial charge is 0.182 e. The van der Waals surface area contributed by atoms with Gasteiger partial charge in [-0.2, -0.15) is 0 Å². The predicted molar refractivity (Wildman–Crippen MR) is 81.6 cm³/mol. The van der Waals surface area contributed by atoms with Gasteiger partial charge < -0.3 is 5.73 Å². The molecule has 112 valence electrons. The zero-order chi connectivity index (χ0) is 15.6. The minimum atomic E-state index is -3.64. The zero-order valence-electron chi connectivity index (χ0n) is 10.8. The standard InChI is InChI=1S/C14H12Cl2FNO2S/c15-13-2-1-12(6-14(13)16)21(19,20)8-10-3-9(7-18)4-11(17)5-10/h1-6H,7-8,18H2. The first-order valence-corrected chi connectivity index (χ1v) is 8.39. The number of rotatable bonds is 4. The van der Waals surface area contributed by atoms with Gasteiger partial charge in [-0.1, -0.05) is 29.3 Å². The third-order valence-corrected chi connectivity index (χ3v) is 5.28. The Bertz CT molecular complexity index is 779. The van der Waals surface area contributed by atoms with Crippen LogP contribution < -0.4 is 5.73 Å². The lowest BCUT2D eigenvalue weighted by Gasteiger charge is -2.08. The van der Waals surface area contributed by atoms with E-state index in [1.807, 2.05) is 0 Å². The van der Waals surface area contributed by atoms with Crippen molar-refractivity contribution in [2.45, 2.75) is 17.2 Å². The Hall–Kier alpha value is -1.14. The van der Waals surface area contributed by atoms with Crippen LogP contribution in [0.15, 0.2) is 41.3 Å². The van der Waals surface area contributed by atoms with Crippen molar-refractivity contribution in [1.29, 1.82) is 0 Å². The van der Waals surface area contributed by atoms with E-state index < -0.39 is 15.7 Å². The average Bonchev–Trinajstić information content (AvgIpc) is 2.40. The van der Waals surface area contributed by atoms with E-state index >= 15 is 0 Å². The number of nitrogens with two attached hydrogens (primary N) is 1. The Kier molecular flexibility index (Phi) is 4.88. The number of halogens is 3. The van der Waals surface area contributed by atoms with Gasteiger partial charge in [0.15, 0.2) is 9.84 Å². The molecule has 0 unspecified atom stereocenters. The van der Waals surface area contributed by atoms with Gasteiger partial charge in [0.1, 0.15) is 5.82 Å². The van der Waals surface area contributed by atoms with Crippen molar-refractivity contribution >= 4 is 33.0 Å². The van der Waals surface area contributed by atoms with Crippen LogP contribution in [0, 0.1) is 5.82 Å². The Balaban J connectivity index is 2.37. The molecule has 0 aromatic heterocycles. The highest BCUT2D eigenvalue weighted by molar-refractivity contribution is 7.90. The first-order valence-electron chi connectivity index (χ1n) is 5.98. The fraction of sp³-hybridized carbons (Fsp3) is 0.143. The van der Waals surface area contributed by atoms with Crippen LogP contribution in [-0.4, -0.2) is 8.42 Å². The van der Waals surface area contributed by atoms with Gasteiger partial charge >= 0.3 is 0 Å². The van der Waals surface area contributed by atoms with Crippen molar-refractivity contribution in [1.82, 2.24) is 0 Å². The van der Waals surface area contributed by atoms with Crippen molar-refractivity contribution < 1.29 is 12.8 Å². The van der Waals surface area contributed by atoms with E-state index in [0.29, 0.717) is 11.1 Å². The summed E-state index contributed by atoms with van der Waals surface area (Å²) in [6.07, 6.45) is 0. The molecule has 0 spiro atoms. The van der Waals surface area contributed by atoms with Gasteiger partial charge in [0.25, 0.3) is 0 Å². The molecule has 0 atom stereocenters. The lowest BCUT2D eigenvalue weighted by molar-refractivity contribution is 0.594. The Morgan fingerprint density at radius 2 is 1.67 bits per heavy atom. The quantitative estimate of drug-likeness (QED) is 0.919. The fourth-order valence-electron chi connectivity index (χ4n) is 1.89. The summed E-state index contributed by atoms with van der Waals surface area (Å²) in [7, 11) is -3.64. The molecule has 0 heterocycles. The van der Waals surface area contributed by atoms with Crippen molar-refractivity contribution in [2.24, 2.45) is 5.73 Å². The number of hydrogen-bond acceptors (Lipinski definition) is 3. The van der Waals surface area contributed by atoms with Crippen LogP contribution in [0.3, 0.4) is 0 Å². The van der Waals surface area contributed by atoms with E-state index in [2.05, 4.69) is 0 Å². The lowest BCUT2D eigenvalue weighted by atomic mass is 10.1. The Labute approximate surface area is 132 Å². The molecule has 0 aliphatic heterocycles. The normalized spacial score (nSPS) is 11.6. The fourth-order valence-corrected chi connectivity index (χ4v) is 3.60. The van der Waals surface area contributed by atoms with Crippen molar-refractivity contribution in [3.63, 3.8) is 0 Å². The second kappa shape index (κ2) is 6.32. The molecule has 7 heteroatoms. The summed E-state index contributed by atoms with van der Waals surface area (Å²) in [6, 6.07) is 8.07. The third-order valence-electron chi connectivity index (χ3n) is 2.86. The van der Waals surface area contributed by atoms with Gasteiger partial charge in [-0.25, -0.2) is 12.8 Å². The van der Waals surface area contributed by atoms with Gasteiger partial charge in [0, 0.05) is 6.54 Å². The van der Waals surface area contributed by atoms with Crippen LogP contribution in [0.2, 0.25) is 10.0 Å². The van der Waals surface area contributed by atoms with Crippen molar-refractivity contribution in [2.75, 3.05) is 0 Å². The first kappa shape index (κ1) is 16.2. The van der Waals surface area contributed by atoms with Crippen LogP contribution in [0.5, 0.6) is 0 Å². The molecule has 0 bridgehead atoms. The van der Waals surface area contributed by atoms with Crippen LogP contribution >= 0.6 is 23.2 Å². The third kappa shape index (κ3) is 3.95. The molecule has 21 heavy (non-hydrogen) atoms. The zero-order valence-corrected chi connectivity index (χ0v) is 13.1. The molecule has 3 nitrogen and oxygen atoms in total. The van der Waals surface area contributed by atoms with E-state index in [9.17, 15) is 12.8 Å². The van der Waals surface area contributed by atoms with E-state index in [4.69, 9.17) is 28.9 Å². The molecule has 0 saturated heterocycles. The first-order chi connectivity index (χ1) is 9.81. The second-order valence-corrected chi connectivity index (χ2v) is 7.31. The van der Waals surface area contributed by atoms with Crippen LogP contribution in [0.1, 0.15) is 11.1 Å². The van der Waals surface area contributed by atoms with E-state index in [1.54, 1.807) is 6.07 Å². The average molecular weight is 348 g/mol. The number of hydrogen-bond donors (Lipinski definition) is 1. The maximum atomic E-state index is 13.4. The maximum Gasteiger partial charge on any atom is 0.182 e. The highest BCUT2D eigenvalue weighted by Crippen LogP contribution is 2.26. The molecule has 0 aliphatic rings. The number of sulfone groups is 1. The molecule has 0 fully saturated rings. The van der Waals surface area contributed by atoms with Gasteiger partial charge in [0.2, 0.25) is 0 Å². The molecule has 0 aliphatic carbocycles. The Morgan fingerprint density at radius 3 is 2.29 bits per heavy atom. The topological polar surface area (TPSA) is 60.2 Å². The summed E-state index contributed by atoms with van der Waals surface area (Å²) in [6.45, 7) is 0.136. The molecule has 2 N–H and O–H groups in total. The number of benzene rings is 2. The van der Waals surface area contributed by atoms with Crippen molar-refractivity contribution in [3.05, 3.63) is 63.4 Å². The molecule has 0 saturated carbocycles. The molecular weight excluding hydrogens is 336 g/mol. The summed E-state index contributed by atoms with van der Waals surface area (Å²) in [5.41, 5.74) is 6.32. The molecule has 0 amide bonds. The minimum Gasteiger partial charge on any atom is -0.326 e. The molecule has 2 rings (SSSR count). The van der Waals surface area contributed by atoms with Gasteiger partial charge in [-0.3, -0.25) is 0 Å². The van der Waals surface area contributed by atoms with Crippen LogP contribution in [0.25, 0.3) is 0 Å². The van der Waals surface area contributed by atoms with Crippen LogP contribution in [0.4, 0.5) is 4.39 Å². The maximum absolute atomic E-state index is 13.4. The summed E-state index contributed by atoms with van der Waals surface area (Å²) in [4.78, 5) is 0.0375. The largest absolute Gasteiger partial charge is 0.326 e. The summed E-state index contributed by atoms with van der Waals surface area (Å²) < 4.78 is 38.1. The monoisotopic (exact) mass is 347 g/mol. The van der Waals surface area contributed by atoms with Crippen LogP contribution in [-0.2, 0) is 22.1 Å². The summed E-state index contributed by atoms with van der Waals surface area (Å²) in [5.74, 6) is -0.854. The molecule has 2 aromatic carbocycles. The van der Waals surface area contributed by atoms with E-state index in [0.717, 1.165) is 0 Å². The molecule has 2 aromatic rings. The SMILES string of the molecule is NCc1cc(F)cc(CS(=O)(=O)c2ccc(Cl)c(Cl)c2)c1. The van der Waals surface area contributed by atoms with E-state index in [1.165, 1.54) is 30.3 Å². The second-order valence-electron chi connectivity index (χ2n) is 4.51. The highest BCUT2D eigenvalue weighted by Gasteiger charge is 2.17. The van der Waals surface area contributed by atoms with E-state index in [-0.39, 0.29) is 27.2 Å². The van der Waals surface area contributed by atoms with Crippen molar-refractivity contribution in [3.8, 4) is 0 Å². The van der Waals surface area contributed by atoms with Gasteiger partial charge in [-0.15, -0.1) is 0 Å². The summed E-state index contributed by atoms with van der Waals surface area (Å²) in [5, 5.41) is 0.423. The van der Waals surface area contributed by atoms with Gasteiger partial charge in [0.05, 0.1) is 20.7 Å². The molecule has 0 radical (unpaired) electrons. The summed E-state index contributed by atoms with van der Waals surface area (Å²) >= 11 is 11.6. The Morgan fingerprint density at radius 1 is 1.00 bits per heavy atom.